The molecule has 37 heavy (non-hydrogen) atoms. The number of aliphatic hydroxyl groups is 2. The quantitative estimate of drug-likeness (QED) is 0.246. The van der Waals surface area contributed by atoms with Crippen molar-refractivity contribution in [3.63, 3.8) is 0 Å². The van der Waals surface area contributed by atoms with E-state index in [1.54, 1.807) is 11.7 Å². The van der Waals surface area contributed by atoms with E-state index in [-0.39, 0.29) is 17.6 Å². The summed E-state index contributed by atoms with van der Waals surface area (Å²) >= 11 is 0. The highest BCUT2D eigenvalue weighted by Gasteiger charge is 2.44. The number of anilines is 1. The van der Waals surface area contributed by atoms with Crippen LogP contribution in [0.1, 0.15) is 44.4 Å². The first-order valence-electron chi connectivity index (χ1n) is 12.4. The molecule has 1 aliphatic rings. The number of imidazole rings is 1. The maximum absolute atomic E-state index is 12.5. The van der Waals surface area contributed by atoms with Crippen molar-refractivity contribution in [3.8, 4) is 5.75 Å². The average molecular weight is 514 g/mol. The molecule has 1 unspecified atom stereocenters. The molecule has 1 aromatic carbocycles. The van der Waals surface area contributed by atoms with Crippen LogP contribution in [0.25, 0.3) is 11.2 Å². The second-order valence-corrected chi connectivity index (χ2v) is 9.39. The molecule has 3 aromatic rings. The first kappa shape index (κ1) is 26.7. The zero-order valence-corrected chi connectivity index (χ0v) is 21.0. The van der Waals surface area contributed by atoms with Gasteiger partial charge < -0.3 is 36.5 Å². The largest absolute Gasteiger partial charge is 0.497 e. The molecular weight excluding hydrogens is 478 g/mol. The average Bonchev–Trinajstić information content (AvgIpc) is 3.46. The van der Waals surface area contributed by atoms with Crippen molar-refractivity contribution in [2.75, 3.05) is 12.8 Å². The van der Waals surface area contributed by atoms with Crippen molar-refractivity contribution in [3.05, 3.63) is 42.5 Å². The Bertz CT molecular complexity index is 1190. The molecule has 4 rings (SSSR count). The highest BCUT2D eigenvalue weighted by atomic mass is 16.6. The Kier molecular flexibility index (Phi) is 8.54. The minimum absolute atomic E-state index is 0.142. The molecule has 3 heterocycles. The number of methoxy groups -OCH3 is 1. The third-order valence-electron chi connectivity index (χ3n) is 6.99. The number of rotatable bonds is 11. The Morgan fingerprint density at radius 1 is 1.19 bits per heavy atom. The van der Waals surface area contributed by atoms with Crippen molar-refractivity contribution < 1.29 is 24.5 Å². The van der Waals surface area contributed by atoms with Gasteiger partial charge in [-0.15, -0.1) is 0 Å². The van der Waals surface area contributed by atoms with E-state index in [1.165, 1.54) is 12.7 Å². The Labute approximate surface area is 215 Å². The van der Waals surface area contributed by atoms with Crippen molar-refractivity contribution in [2.45, 2.75) is 69.7 Å². The second kappa shape index (κ2) is 11.8. The van der Waals surface area contributed by atoms with Gasteiger partial charge in [0.15, 0.2) is 17.7 Å². The number of nitrogens with two attached hydrogens (primary N) is 2. The number of nitrogens with zero attached hydrogens (tertiary/aromatic N) is 4. The highest BCUT2D eigenvalue weighted by Crippen LogP contribution is 2.35. The smallest absolute Gasteiger partial charge is 0.237 e. The van der Waals surface area contributed by atoms with Crippen LogP contribution in [-0.2, 0) is 16.1 Å². The van der Waals surface area contributed by atoms with Gasteiger partial charge in [0.05, 0.1) is 25.6 Å². The SMILES string of the molecule is CC[C@@H](CC[C@H](N)C(=O)NCc1ccc(OC)cc1)C[C@H]1O[C@@H](n2cnc3c(N)ncnc32)[C@@H](O)C1O. The van der Waals surface area contributed by atoms with Crippen molar-refractivity contribution in [1.29, 1.82) is 0 Å². The molecule has 0 saturated carbocycles. The molecule has 0 spiro atoms. The van der Waals surface area contributed by atoms with Gasteiger partial charge in [-0.1, -0.05) is 25.5 Å². The lowest BCUT2D eigenvalue weighted by atomic mass is 9.90. The predicted molar refractivity (Wildman–Crippen MR) is 136 cm³/mol. The second-order valence-electron chi connectivity index (χ2n) is 9.39. The first-order valence-corrected chi connectivity index (χ1v) is 12.4. The number of aromatic nitrogens is 4. The van der Waals surface area contributed by atoms with E-state index in [0.29, 0.717) is 37.0 Å². The van der Waals surface area contributed by atoms with Crippen molar-refractivity contribution in [1.82, 2.24) is 24.8 Å². The summed E-state index contributed by atoms with van der Waals surface area (Å²) in [7, 11) is 1.60. The van der Waals surface area contributed by atoms with Gasteiger partial charge in [0.1, 0.15) is 29.8 Å². The van der Waals surface area contributed by atoms with Crippen LogP contribution in [-0.4, -0.2) is 67.1 Å². The van der Waals surface area contributed by atoms with Gasteiger partial charge in [-0.25, -0.2) is 15.0 Å². The van der Waals surface area contributed by atoms with Crippen LogP contribution >= 0.6 is 0 Å². The van der Waals surface area contributed by atoms with Gasteiger partial charge in [-0.3, -0.25) is 9.36 Å². The standard InChI is InChI=1S/C25H35N7O5/c1-3-14(6-9-17(26)24(35)28-11-15-4-7-16(36-2)8-5-15)10-18-20(33)21(34)25(37-18)32-13-31-19-22(27)29-12-30-23(19)32/h4-5,7-8,12-14,17-18,20-21,25,33-34H,3,6,9-11,26H2,1-2H3,(H,28,35)(H2,27,29,30)/t14-,17-,18+,20?,21-,25+/m0/s1. The lowest BCUT2D eigenvalue weighted by Crippen LogP contribution is -2.40. The van der Waals surface area contributed by atoms with Crippen molar-refractivity contribution in [2.24, 2.45) is 11.7 Å². The molecule has 0 bridgehead atoms. The maximum atomic E-state index is 12.5. The molecule has 1 amide bonds. The zero-order chi connectivity index (χ0) is 26.5. The van der Waals surface area contributed by atoms with Gasteiger partial charge >= 0.3 is 0 Å². The van der Waals surface area contributed by atoms with E-state index in [4.69, 9.17) is 20.9 Å². The Morgan fingerprint density at radius 3 is 2.65 bits per heavy atom. The number of nitrogens with one attached hydrogen (secondary N) is 1. The maximum Gasteiger partial charge on any atom is 0.237 e. The van der Waals surface area contributed by atoms with Crippen LogP contribution < -0.4 is 21.5 Å². The molecule has 1 fully saturated rings. The van der Waals surface area contributed by atoms with Gasteiger partial charge in [0, 0.05) is 6.54 Å². The van der Waals surface area contributed by atoms with E-state index < -0.39 is 30.6 Å². The highest BCUT2D eigenvalue weighted by molar-refractivity contribution is 5.81. The van der Waals surface area contributed by atoms with Crippen LogP contribution in [0.4, 0.5) is 5.82 Å². The summed E-state index contributed by atoms with van der Waals surface area (Å²) in [4.78, 5) is 24.8. The van der Waals surface area contributed by atoms with Crippen molar-refractivity contribution >= 4 is 22.9 Å². The van der Waals surface area contributed by atoms with Crippen LogP contribution in [0.5, 0.6) is 5.75 Å². The van der Waals surface area contributed by atoms with E-state index in [1.807, 2.05) is 31.2 Å². The van der Waals surface area contributed by atoms with Gasteiger partial charge in [0.25, 0.3) is 0 Å². The number of hydrogen-bond acceptors (Lipinski definition) is 10. The number of aliphatic hydroxyl groups excluding tert-OH is 2. The van der Waals surface area contributed by atoms with Crippen LogP contribution in [0.2, 0.25) is 0 Å². The number of amides is 1. The summed E-state index contributed by atoms with van der Waals surface area (Å²) in [6.07, 6.45) is 1.57. The molecule has 0 aliphatic carbocycles. The van der Waals surface area contributed by atoms with Crippen LogP contribution in [0.3, 0.4) is 0 Å². The van der Waals surface area contributed by atoms with E-state index in [0.717, 1.165) is 17.7 Å². The molecule has 1 aliphatic heterocycles. The summed E-state index contributed by atoms with van der Waals surface area (Å²) < 4.78 is 12.8. The zero-order valence-electron chi connectivity index (χ0n) is 21.0. The number of carbonyl (C=O) groups excluding carboxylic acids is 1. The lowest BCUT2D eigenvalue weighted by Gasteiger charge is -2.22. The molecule has 6 atom stereocenters. The number of fused-ring (bicyclic) bond motifs is 1. The Hall–Kier alpha value is -3.32. The molecular formula is C25H35N7O5. The van der Waals surface area contributed by atoms with E-state index in [9.17, 15) is 15.0 Å². The summed E-state index contributed by atoms with van der Waals surface area (Å²) in [6.45, 7) is 2.42. The monoisotopic (exact) mass is 513 g/mol. The normalized spacial score (nSPS) is 23.2. The summed E-state index contributed by atoms with van der Waals surface area (Å²) in [6, 6.07) is 6.81. The summed E-state index contributed by atoms with van der Waals surface area (Å²) in [5.74, 6) is 0.906. The van der Waals surface area contributed by atoms with E-state index >= 15 is 0 Å². The number of benzene rings is 1. The minimum atomic E-state index is -1.16. The predicted octanol–water partition coefficient (Wildman–Crippen LogP) is 0.877. The number of nitrogen functional groups attached to an aromatic ring is 1. The van der Waals surface area contributed by atoms with Gasteiger partial charge in [0.2, 0.25) is 5.91 Å². The topological polar surface area (TPSA) is 184 Å². The van der Waals surface area contributed by atoms with Gasteiger partial charge in [-0.2, -0.15) is 0 Å². The fraction of sp³-hybridized carbons (Fsp3) is 0.520. The van der Waals surface area contributed by atoms with Crippen LogP contribution in [0, 0.1) is 5.92 Å². The fourth-order valence-electron chi connectivity index (χ4n) is 4.64. The number of ether oxygens (including phenoxy) is 2. The third kappa shape index (κ3) is 5.99. The molecule has 7 N–H and O–H groups in total. The molecule has 200 valence electrons. The molecule has 12 heteroatoms. The van der Waals surface area contributed by atoms with Crippen LogP contribution in [0.15, 0.2) is 36.9 Å². The minimum Gasteiger partial charge on any atom is -0.497 e. The Morgan fingerprint density at radius 2 is 1.95 bits per heavy atom. The van der Waals surface area contributed by atoms with Gasteiger partial charge in [-0.05, 0) is 42.9 Å². The molecule has 12 nitrogen and oxygen atoms in total. The first-order chi connectivity index (χ1) is 17.8. The molecule has 1 saturated heterocycles. The lowest BCUT2D eigenvalue weighted by molar-refractivity contribution is -0.122. The molecule has 2 aromatic heterocycles. The Balaban J connectivity index is 1.29. The summed E-state index contributed by atoms with van der Waals surface area (Å²) in [5, 5.41) is 24.3. The summed E-state index contributed by atoms with van der Waals surface area (Å²) in [5.41, 5.74) is 13.8. The van der Waals surface area contributed by atoms with E-state index in [2.05, 4.69) is 20.3 Å². The fourth-order valence-corrected chi connectivity index (χ4v) is 4.64. The number of hydrogen-bond donors (Lipinski definition) is 5. The number of carbonyl (C=O) groups is 1. The molecule has 0 radical (unpaired) electrons. The third-order valence-corrected chi connectivity index (χ3v) is 6.99.